The van der Waals surface area contributed by atoms with Gasteiger partial charge in [-0.2, -0.15) is 13.2 Å². The predicted molar refractivity (Wildman–Crippen MR) is 146 cm³/mol. The van der Waals surface area contributed by atoms with E-state index in [-0.39, 0.29) is 49.6 Å². The average molecular weight is 572 g/mol. The van der Waals surface area contributed by atoms with Crippen molar-refractivity contribution in [3.8, 4) is 5.75 Å². The van der Waals surface area contributed by atoms with Crippen molar-refractivity contribution < 1.29 is 32.2 Å². The smallest absolute Gasteiger partial charge is 0.389 e. The molecule has 2 unspecified atom stereocenters. The van der Waals surface area contributed by atoms with E-state index in [2.05, 4.69) is 5.43 Å². The molecule has 0 spiro atoms. The van der Waals surface area contributed by atoms with E-state index in [0.717, 1.165) is 5.56 Å². The van der Waals surface area contributed by atoms with Crippen molar-refractivity contribution in [3.63, 3.8) is 0 Å². The fourth-order valence-corrected chi connectivity index (χ4v) is 4.99. The number of nitrogens with zero attached hydrogens (tertiary/aromatic N) is 2. The molecule has 2 heterocycles. The number of ether oxygens (including phenoxy) is 2. The minimum atomic E-state index is -4.54. The van der Waals surface area contributed by atoms with Gasteiger partial charge in [0.1, 0.15) is 12.8 Å². The second-order valence-corrected chi connectivity index (χ2v) is 9.78. The van der Waals surface area contributed by atoms with Gasteiger partial charge in [0.15, 0.2) is 17.2 Å². The number of pyridine rings is 1. The SMILES string of the molecule is CCN1C(=O)c2c(OCc3ccccc3)c(=O)cc(COC)n2NC1CCC(CC(F)(F)F)C(=O)c1ccccc1. The lowest BCUT2D eigenvalue weighted by atomic mass is 9.89. The van der Waals surface area contributed by atoms with Crippen LogP contribution in [-0.2, 0) is 18.0 Å². The Kier molecular flexibility index (Phi) is 9.49. The molecule has 8 nitrogen and oxygen atoms in total. The lowest BCUT2D eigenvalue weighted by Gasteiger charge is -2.40. The van der Waals surface area contributed by atoms with Gasteiger partial charge < -0.3 is 19.8 Å². The summed E-state index contributed by atoms with van der Waals surface area (Å²) < 4.78 is 52.9. The molecule has 1 N–H and O–H groups in total. The van der Waals surface area contributed by atoms with Crippen LogP contribution in [-0.4, -0.2) is 47.3 Å². The van der Waals surface area contributed by atoms with Gasteiger partial charge in [-0.25, -0.2) is 0 Å². The Labute approximate surface area is 235 Å². The average Bonchev–Trinajstić information content (AvgIpc) is 2.95. The standard InChI is InChI=1S/C30H32F3N3O5/c1-3-35-25(15-14-22(17-30(31,32)33)27(38)21-12-8-5-9-13-21)34-36-23(19-40-2)16-24(37)28(26(36)29(35)39)41-18-20-10-6-4-7-11-20/h4-13,16,22,25,34H,3,14-15,17-19H2,1-2H3. The zero-order valence-electron chi connectivity index (χ0n) is 22.8. The molecule has 2 atom stereocenters. The van der Waals surface area contributed by atoms with Crippen LogP contribution in [0.3, 0.4) is 0 Å². The van der Waals surface area contributed by atoms with Crippen molar-refractivity contribution in [2.45, 2.75) is 51.7 Å². The Morgan fingerprint density at radius 1 is 1.02 bits per heavy atom. The molecule has 218 valence electrons. The number of amides is 1. The fourth-order valence-electron chi connectivity index (χ4n) is 4.99. The third-order valence-electron chi connectivity index (χ3n) is 6.92. The van der Waals surface area contributed by atoms with E-state index in [9.17, 15) is 27.6 Å². The Morgan fingerprint density at radius 2 is 1.68 bits per heavy atom. The van der Waals surface area contributed by atoms with E-state index in [0.29, 0.717) is 5.69 Å². The maximum Gasteiger partial charge on any atom is 0.389 e. The molecule has 4 rings (SSSR count). The van der Waals surface area contributed by atoms with Gasteiger partial charge >= 0.3 is 6.18 Å². The van der Waals surface area contributed by atoms with Crippen LogP contribution in [0, 0.1) is 5.92 Å². The van der Waals surface area contributed by atoms with Crippen molar-refractivity contribution in [1.82, 2.24) is 9.58 Å². The minimum absolute atomic E-state index is 0.0104. The maximum absolute atomic E-state index is 13.8. The highest BCUT2D eigenvalue weighted by Crippen LogP contribution is 2.32. The van der Waals surface area contributed by atoms with E-state index in [4.69, 9.17) is 9.47 Å². The molecule has 0 radical (unpaired) electrons. The first-order chi connectivity index (χ1) is 19.6. The Morgan fingerprint density at radius 3 is 2.29 bits per heavy atom. The molecular formula is C30H32F3N3O5. The number of hydrogen-bond acceptors (Lipinski definition) is 6. The first-order valence-corrected chi connectivity index (χ1v) is 13.3. The van der Waals surface area contributed by atoms with Gasteiger partial charge in [0.25, 0.3) is 5.91 Å². The van der Waals surface area contributed by atoms with E-state index < -0.39 is 41.8 Å². The minimum Gasteiger partial charge on any atom is -0.482 e. The third-order valence-corrected chi connectivity index (χ3v) is 6.92. The maximum atomic E-state index is 13.8. The Bertz CT molecular complexity index is 1410. The van der Waals surface area contributed by atoms with Gasteiger partial charge in [0.05, 0.1) is 18.7 Å². The summed E-state index contributed by atoms with van der Waals surface area (Å²) in [5.74, 6) is -2.59. The summed E-state index contributed by atoms with van der Waals surface area (Å²) in [4.78, 5) is 41.3. The predicted octanol–water partition coefficient (Wildman–Crippen LogP) is 5.15. The number of nitrogens with one attached hydrogen (secondary N) is 1. The largest absolute Gasteiger partial charge is 0.482 e. The van der Waals surface area contributed by atoms with Gasteiger partial charge in [-0.3, -0.25) is 19.1 Å². The highest BCUT2D eigenvalue weighted by atomic mass is 19.4. The monoisotopic (exact) mass is 571 g/mol. The topological polar surface area (TPSA) is 89.9 Å². The first kappa shape index (κ1) is 29.9. The van der Waals surface area contributed by atoms with Crippen LogP contribution in [0.4, 0.5) is 13.2 Å². The molecule has 1 aromatic heterocycles. The van der Waals surface area contributed by atoms with Gasteiger partial charge in [-0.05, 0) is 25.3 Å². The number of benzene rings is 2. The number of halogens is 3. The summed E-state index contributed by atoms with van der Waals surface area (Å²) in [6, 6.07) is 18.3. The van der Waals surface area contributed by atoms with Crippen molar-refractivity contribution >= 4 is 11.7 Å². The summed E-state index contributed by atoms with van der Waals surface area (Å²) in [5, 5.41) is 0. The van der Waals surface area contributed by atoms with Gasteiger partial charge in [0, 0.05) is 31.2 Å². The van der Waals surface area contributed by atoms with Gasteiger partial charge in [-0.1, -0.05) is 60.7 Å². The number of fused-ring (bicyclic) bond motifs is 1. The molecule has 0 saturated carbocycles. The molecule has 41 heavy (non-hydrogen) atoms. The van der Waals surface area contributed by atoms with Crippen molar-refractivity contribution in [2.75, 3.05) is 19.1 Å². The van der Waals surface area contributed by atoms with E-state index in [1.165, 1.54) is 34.9 Å². The number of rotatable bonds is 12. The third kappa shape index (κ3) is 7.15. The summed E-state index contributed by atoms with van der Waals surface area (Å²) >= 11 is 0. The zero-order chi connectivity index (χ0) is 29.6. The van der Waals surface area contributed by atoms with Crippen molar-refractivity contribution in [3.05, 3.63) is 99.5 Å². The molecule has 0 aliphatic carbocycles. The Balaban J connectivity index is 1.64. The van der Waals surface area contributed by atoms with Crippen LogP contribution >= 0.6 is 0 Å². The Hall–Kier alpha value is -4.12. The van der Waals surface area contributed by atoms with Crippen molar-refractivity contribution in [2.24, 2.45) is 5.92 Å². The number of Topliss-reactive ketones (excluding diaryl/α,β-unsaturated/α-hetero) is 1. The lowest BCUT2D eigenvalue weighted by Crippen LogP contribution is -2.55. The molecule has 1 aliphatic rings. The molecule has 1 aliphatic heterocycles. The second-order valence-electron chi connectivity index (χ2n) is 9.78. The highest BCUT2D eigenvalue weighted by molar-refractivity contribution is 5.98. The van der Waals surface area contributed by atoms with Crippen LogP contribution < -0.4 is 15.6 Å². The number of carbonyl (C=O) groups is 2. The molecule has 3 aromatic rings. The van der Waals surface area contributed by atoms with Gasteiger partial charge in [-0.15, -0.1) is 0 Å². The highest BCUT2D eigenvalue weighted by Gasteiger charge is 2.39. The lowest BCUT2D eigenvalue weighted by molar-refractivity contribution is -0.142. The van der Waals surface area contributed by atoms with E-state index in [1.807, 2.05) is 30.3 Å². The quantitative estimate of drug-likeness (QED) is 0.303. The first-order valence-electron chi connectivity index (χ1n) is 13.3. The molecule has 0 saturated heterocycles. The number of ketones is 1. The van der Waals surface area contributed by atoms with Crippen LogP contribution in [0.1, 0.15) is 58.3 Å². The number of methoxy groups -OCH3 is 1. The number of aromatic nitrogens is 1. The van der Waals surface area contributed by atoms with Crippen LogP contribution in [0.5, 0.6) is 5.75 Å². The second kappa shape index (κ2) is 13.0. The number of carbonyl (C=O) groups excluding carboxylic acids is 2. The molecule has 0 bridgehead atoms. The van der Waals surface area contributed by atoms with E-state index >= 15 is 0 Å². The van der Waals surface area contributed by atoms with Crippen molar-refractivity contribution in [1.29, 1.82) is 0 Å². The van der Waals surface area contributed by atoms with Gasteiger partial charge in [0.2, 0.25) is 5.43 Å². The van der Waals surface area contributed by atoms with E-state index in [1.54, 1.807) is 25.1 Å². The van der Waals surface area contributed by atoms with Crippen LogP contribution in [0.15, 0.2) is 71.5 Å². The summed E-state index contributed by atoms with van der Waals surface area (Å²) in [7, 11) is 1.44. The van der Waals surface area contributed by atoms with Crippen LogP contribution in [0.2, 0.25) is 0 Å². The fraction of sp³-hybridized carbons (Fsp3) is 0.367. The molecule has 2 aromatic carbocycles. The molecule has 0 fully saturated rings. The summed E-state index contributed by atoms with van der Waals surface area (Å²) in [5.41, 5.74) is 4.00. The van der Waals surface area contributed by atoms with Crippen LogP contribution in [0.25, 0.3) is 0 Å². The normalized spacial score (nSPS) is 15.7. The number of alkyl halides is 3. The molecule has 1 amide bonds. The summed E-state index contributed by atoms with van der Waals surface area (Å²) in [6.45, 7) is 1.97. The molecular weight excluding hydrogens is 539 g/mol. The number of hydrogen-bond donors (Lipinski definition) is 1. The zero-order valence-corrected chi connectivity index (χ0v) is 22.8. The summed E-state index contributed by atoms with van der Waals surface area (Å²) in [6.07, 6.45) is -6.64. The molecule has 11 heteroatoms.